The van der Waals surface area contributed by atoms with Crippen LogP contribution < -0.4 is 0 Å². The summed E-state index contributed by atoms with van der Waals surface area (Å²) in [5, 5.41) is 0.0455. The normalized spacial score (nSPS) is 15.9. The monoisotopic (exact) mass is 408 g/mol. The van der Waals surface area contributed by atoms with Crippen molar-refractivity contribution in [3.63, 3.8) is 0 Å². The predicted molar refractivity (Wildman–Crippen MR) is 111 cm³/mol. The Morgan fingerprint density at radius 2 is 1.79 bits per heavy atom. The lowest BCUT2D eigenvalue weighted by molar-refractivity contribution is 0.0911. The van der Waals surface area contributed by atoms with Gasteiger partial charge in [0.1, 0.15) is 0 Å². The van der Waals surface area contributed by atoms with E-state index >= 15 is 0 Å². The van der Waals surface area contributed by atoms with Crippen molar-refractivity contribution in [3.05, 3.63) is 76.7 Å². The Morgan fingerprint density at radius 3 is 2.52 bits per heavy atom. The number of Topliss-reactive ketones (excluding diaryl/α,β-unsaturated/α-hetero) is 1. The molecule has 0 aliphatic heterocycles. The summed E-state index contributed by atoms with van der Waals surface area (Å²) in [5.74, 6) is 0.118. The van der Waals surface area contributed by atoms with Crippen LogP contribution in [-0.4, -0.2) is 24.2 Å². The van der Waals surface area contributed by atoms with Gasteiger partial charge in [0.15, 0.2) is 10.8 Å². The number of hydrogen-bond donors (Lipinski definition) is 1. The van der Waals surface area contributed by atoms with Crippen molar-refractivity contribution < 1.29 is 13.2 Å². The molecule has 6 heteroatoms. The molecule has 0 spiro atoms. The summed E-state index contributed by atoms with van der Waals surface area (Å²) in [6, 6.07) is 11.8. The van der Waals surface area contributed by atoms with E-state index in [4.69, 9.17) is 0 Å². The van der Waals surface area contributed by atoms with Gasteiger partial charge in [0, 0.05) is 36.0 Å². The van der Waals surface area contributed by atoms with Gasteiger partial charge < -0.3 is 4.98 Å². The molecule has 2 aromatic heterocycles. The minimum atomic E-state index is -3.75. The Labute approximate surface area is 171 Å². The molecular formula is C23H24N2O3S. The third-order valence-electron chi connectivity index (χ3n) is 5.49. The molecule has 1 N–H and O–H groups in total. The van der Waals surface area contributed by atoms with Crippen LogP contribution in [0.3, 0.4) is 0 Å². The molecule has 3 aromatic rings. The predicted octanol–water partition coefficient (Wildman–Crippen LogP) is 4.30. The van der Waals surface area contributed by atoms with Gasteiger partial charge in [-0.25, -0.2) is 13.4 Å². The number of rotatable bonds is 4. The van der Waals surface area contributed by atoms with Crippen LogP contribution in [-0.2, 0) is 22.7 Å². The molecule has 0 amide bonds. The van der Waals surface area contributed by atoms with E-state index in [1.807, 2.05) is 6.92 Å². The Balaban J connectivity index is 1.79. The van der Waals surface area contributed by atoms with E-state index in [0.717, 1.165) is 28.9 Å². The van der Waals surface area contributed by atoms with Gasteiger partial charge in [-0.3, -0.25) is 4.79 Å². The van der Waals surface area contributed by atoms with Gasteiger partial charge in [0.2, 0.25) is 9.84 Å². The van der Waals surface area contributed by atoms with Crippen molar-refractivity contribution in [2.24, 2.45) is 5.41 Å². The number of carbonyl (C=O) groups is 1. The van der Waals surface area contributed by atoms with Gasteiger partial charge in [0.05, 0.1) is 4.90 Å². The van der Waals surface area contributed by atoms with E-state index in [-0.39, 0.29) is 21.1 Å². The standard InChI is InChI=1S/C23H24N2O3S/c1-15-18(21-19(25-15)13-23(2,3)14-20(21)26)12-16-8-7-11-24-22(16)29(27,28)17-9-5-4-6-10-17/h4-11,25H,12-14H2,1-3H3. The van der Waals surface area contributed by atoms with Crippen molar-refractivity contribution >= 4 is 15.6 Å². The van der Waals surface area contributed by atoms with Gasteiger partial charge >= 0.3 is 0 Å². The van der Waals surface area contributed by atoms with Crippen LogP contribution in [0.25, 0.3) is 0 Å². The van der Waals surface area contributed by atoms with Crippen molar-refractivity contribution in [2.75, 3.05) is 0 Å². The molecule has 0 bridgehead atoms. The Bertz CT molecular complexity index is 1190. The minimum absolute atomic E-state index is 0.0455. The molecule has 0 saturated heterocycles. The summed E-state index contributed by atoms with van der Waals surface area (Å²) in [5.41, 5.74) is 3.99. The molecule has 5 nitrogen and oxygen atoms in total. The number of fused-ring (bicyclic) bond motifs is 1. The van der Waals surface area contributed by atoms with E-state index in [1.165, 1.54) is 6.20 Å². The molecule has 29 heavy (non-hydrogen) atoms. The van der Waals surface area contributed by atoms with Crippen LogP contribution in [0.5, 0.6) is 0 Å². The number of carbonyl (C=O) groups excluding carboxylic acids is 1. The summed E-state index contributed by atoms with van der Waals surface area (Å²) in [6.45, 7) is 6.13. The highest BCUT2D eigenvalue weighted by atomic mass is 32.2. The lowest BCUT2D eigenvalue weighted by atomic mass is 9.75. The number of hydrogen-bond acceptors (Lipinski definition) is 4. The van der Waals surface area contributed by atoms with Gasteiger partial charge in [-0.2, -0.15) is 0 Å². The van der Waals surface area contributed by atoms with Crippen LogP contribution in [0, 0.1) is 12.3 Å². The van der Waals surface area contributed by atoms with Crippen molar-refractivity contribution in [3.8, 4) is 0 Å². The number of H-pyrrole nitrogens is 1. The summed E-state index contributed by atoms with van der Waals surface area (Å²) in [4.78, 5) is 20.7. The van der Waals surface area contributed by atoms with Crippen LogP contribution in [0.2, 0.25) is 0 Å². The fourth-order valence-electron chi connectivity index (χ4n) is 4.19. The zero-order chi connectivity index (χ0) is 20.8. The summed E-state index contributed by atoms with van der Waals surface area (Å²) in [6.07, 6.45) is 3.13. The number of aryl methyl sites for hydroxylation is 1. The first-order valence-electron chi connectivity index (χ1n) is 9.66. The number of pyridine rings is 1. The lowest BCUT2D eigenvalue weighted by Gasteiger charge is -2.28. The number of benzene rings is 1. The largest absolute Gasteiger partial charge is 0.362 e. The number of sulfone groups is 1. The number of aromatic amines is 1. The first kappa shape index (κ1) is 19.6. The van der Waals surface area contributed by atoms with E-state index in [9.17, 15) is 13.2 Å². The second-order valence-electron chi connectivity index (χ2n) is 8.48. The molecule has 0 radical (unpaired) electrons. The topological polar surface area (TPSA) is 79.9 Å². The molecule has 1 aliphatic carbocycles. The van der Waals surface area contributed by atoms with Crippen molar-refractivity contribution in [1.29, 1.82) is 0 Å². The fourth-order valence-corrected chi connectivity index (χ4v) is 5.61. The average Bonchev–Trinajstić information content (AvgIpc) is 2.97. The lowest BCUT2D eigenvalue weighted by Crippen LogP contribution is -2.27. The maximum Gasteiger partial charge on any atom is 0.224 e. The molecule has 4 rings (SSSR count). The molecule has 2 heterocycles. The molecule has 0 atom stereocenters. The first-order chi connectivity index (χ1) is 13.7. The second-order valence-corrected chi connectivity index (χ2v) is 10.3. The molecule has 150 valence electrons. The van der Waals surface area contributed by atoms with Gasteiger partial charge in [-0.05, 0) is 48.1 Å². The van der Waals surface area contributed by atoms with Crippen molar-refractivity contribution in [2.45, 2.75) is 50.0 Å². The summed E-state index contributed by atoms with van der Waals surface area (Å²) in [7, 11) is -3.75. The third kappa shape index (κ3) is 3.53. The van der Waals surface area contributed by atoms with Gasteiger partial charge in [0.25, 0.3) is 0 Å². The van der Waals surface area contributed by atoms with E-state index in [0.29, 0.717) is 18.4 Å². The Morgan fingerprint density at radius 1 is 1.07 bits per heavy atom. The Hall–Kier alpha value is -2.73. The van der Waals surface area contributed by atoms with Gasteiger partial charge in [-0.1, -0.05) is 38.1 Å². The van der Waals surface area contributed by atoms with E-state index in [2.05, 4.69) is 23.8 Å². The highest BCUT2D eigenvalue weighted by Crippen LogP contribution is 2.38. The second kappa shape index (κ2) is 6.95. The molecular weight excluding hydrogens is 384 g/mol. The maximum absolute atomic E-state index is 13.2. The van der Waals surface area contributed by atoms with Crippen LogP contribution in [0.4, 0.5) is 0 Å². The number of nitrogens with one attached hydrogen (secondary N) is 1. The van der Waals surface area contributed by atoms with E-state index in [1.54, 1.807) is 42.5 Å². The molecule has 0 saturated carbocycles. The maximum atomic E-state index is 13.2. The molecule has 1 aliphatic rings. The first-order valence-corrected chi connectivity index (χ1v) is 11.1. The molecule has 1 aromatic carbocycles. The minimum Gasteiger partial charge on any atom is -0.362 e. The highest BCUT2D eigenvalue weighted by molar-refractivity contribution is 7.91. The Kier molecular flexibility index (Phi) is 4.69. The number of ketones is 1. The quantitative estimate of drug-likeness (QED) is 0.698. The van der Waals surface area contributed by atoms with Crippen LogP contribution >= 0.6 is 0 Å². The zero-order valence-electron chi connectivity index (χ0n) is 16.8. The number of aromatic nitrogens is 2. The molecule has 0 unspecified atom stereocenters. The molecule has 0 fully saturated rings. The number of nitrogens with zero attached hydrogens (tertiary/aromatic N) is 1. The average molecular weight is 409 g/mol. The fraction of sp³-hybridized carbons (Fsp3) is 0.304. The van der Waals surface area contributed by atoms with Crippen LogP contribution in [0.15, 0.2) is 58.6 Å². The van der Waals surface area contributed by atoms with Crippen LogP contribution in [0.1, 0.15) is 53.1 Å². The van der Waals surface area contributed by atoms with Gasteiger partial charge in [-0.15, -0.1) is 0 Å². The van der Waals surface area contributed by atoms with E-state index < -0.39 is 9.84 Å². The highest BCUT2D eigenvalue weighted by Gasteiger charge is 2.35. The summed E-state index contributed by atoms with van der Waals surface area (Å²) < 4.78 is 26.3. The smallest absolute Gasteiger partial charge is 0.224 e. The summed E-state index contributed by atoms with van der Waals surface area (Å²) >= 11 is 0. The zero-order valence-corrected chi connectivity index (χ0v) is 17.6. The van der Waals surface area contributed by atoms with Crippen molar-refractivity contribution in [1.82, 2.24) is 9.97 Å². The third-order valence-corrected chi connectivity index (χ3v) is 7.26. The SMILES string of the molecule is Cc1[nH]c2c(c1Cc1cccnc1S(=O)(=O)c1ccccc1)C(=O)CC(C)(C)C2.